The molecule has 6 nitrogen and oxygen atoms in total. The molecule has 1 N–H and O–H groups in total. The second-order valence-corrected chi connectivity index (χ2v) is 8.22. The fourth-order valence-electron chi connectivity index (χ4n) is 4.19. The van der Waals surface area contributed by atoms with E-state index in [2.05, 4.69) is 11.9 Å². The Morgan fingerprint density at radius 2 is 2.13 bits per heavy atom. The van der Waals surface area contributed by atoms with Crippen molar-refractivity contribution < 1.29 is 32.6 Å². The van der Waals surface area contributed by atoms with Crippen molar-refractivity contribution in [2.75, 3.05) is 5.32 Å². The fraction of sp³-hybridized carbons (Fsp3) is 0.455. The Bertz CT molecular complexity index is 945. The lowest BCUT2D eigenvalue weighted by atomic mass is 9.83. The number of rotatable bonds is 2. The number of esters is 1. The van der Waals surface area contributed by atoms with Gasteiger partial charge in [-0.3, -0.25) is 5.32 Å². The maximum absolute atomic E-state index is 13.8. The van der Waals surface area contributed by atoms with E-state index in [-0.39, 0.29) is 29.7 Å². The number of benzene rings is 1. The van der Waals surface area contributed by atoms with Crippen molar-refractivity contribution in [3.63, 3.8) is 0 Å². The third-order valence-corrected chi connectivity index (χ3v) is 6.09. The number of fused-ring (bicyclic) bond motifs is 3. The zero-order chi connectivity index (χ0) is 21.6. The molecule has 160 valence electrons. The first-order valence-electron chi connectivity index (χ1n) is 9.85. The molecule has 0 saturated carbocycles. The Kier molecular flexibility index (Phi) is 5.13. The van der Waals surface area contributed by atoms with Gasteiger partial charge in [-0.15, -0.1) is 0 Å². The number of carbonyl (C=O) groups excluding carboxylic acids is 2. The summed E-state index contributed by atoms with van der Waals surface area (Å²) in [6.07, 6.45) is 1.45. The van der Waals surface area contributed by atoms with Gasteiger partial charge in [-0.1, -0.05) is 12.7 Å². The van der Waals surface area contributed by atoms with Crippen LogP contribution in [0, 0.1) is 17.6 Å². The quantitative estimate of drug-likeness (QED) is 0.335. The lowest BCUT2D eigenvalue weighted by Crippen LogP contribution is -2.33. The van der Waals surface area contributed by atoms with Crippen molar-refractivity contribution >= 4 is 17.7 Å². The highest BCUT2D eigenvalue weighted by Gasteiger charge is 2.61. The zero-order valence-corrected chi connectivity index (χ0v) is 16.7. The molecule has 1 amide bonds. The van der Waals surface area contributed by atoms with Gasteiger partial charge >= 0.3 is 12.1 Å². The number of nitrogens with one attached hydrogen (secondary N) is 1. The summed E-state index contributed by atoms with van der Waals surface area (Å²) in [4.78, 5) is 24.5. The molecule has 3 aliphatic rings. The summed E-state index contributed by atoms with van der Waals surface area (Å²) in [6.45, 7) is 7.68. The van der Waals surface area contributed by atoms with Gasteiger partial charge < -0.3 is 14.2 Å². The number of hydrogen-bond donors (Lipinski definition) is 1. The highest BCUT2D eigenvalue weighted by Crippen LogP contribution is 2.50. The van der Waals surface area contributed by atoms with Crippen molar-refractivity contribution in [3.05, 3.63) is 53.6 Å². The largest absolute Gasteiger partial charge is 0.455 e. The molecule has 1 aromatic carbocycles. The van der Waals surface area contributed by atoms with Gasteiger partial charge in [0.25, 0.3) is 0 Å². The number of carbonyl (C=O) groups is 2. The van der Waals surface area contributed by atoms with Crippen LogP contribution in [0.4, 0.5) is 19.3 Å². The molecular formula is C22H23F2NO5. The van der Waals surface area contributed by atoms with E-state index in [0.29, 0.717) is 18.1 Å². The van der Waals surface area contributed by atoms with Crippen LogP contribution < -0.4 is 5.32 Å². The number of hydrogen-bond acceptors (Lipinski definition) is 5. The second kappa shape index (κ2) is 7.50. The van der Waals surface area contributed by atoms with Crippen LogP contribution in [0.2, 0.25) is 0 Å². The van der Waals surface area contributed by atoms with Crippen LogP contribution in [0.1, 0.15) is 33.1 Å². The zero-order valence-electron chi connectivity index (χ0n) is 16.7. The summed E-state index contributed by atoms with van der Waals surface area (Å²) in [6, 6.07) is 2.83. The molecule has 0 bridgehead atoms. The van der Waals surface area contributed by atoms with E-state index < -0.39 is 35.9 Å². The summed E-state index contributed by atoms with van der Waals surface area (Å²) in [5.74, 6) is -2.49. The molecule has 0 spiro atoms. The predicted molar refractivity (Wildman–Crippen MR) is 104 cm³/mol. The molecule has 30 heavy (non-hydrogen) atoms. The van der Waals surface area contributed by atoms with Gasteiger partial charge in [0, 0.05) is 17.6 Å². The average molecular weight is 419 g/mol. The first-order valence-corrected chi connectivity index (χ1v) is 9.85. The first kappa shape index (κ1) is 20.5. The second-order valence-electron chi connectivity index (χ2n) is 8.22. The SMILES string of the molecule is C=C1C(=O)O[C@@H]2[C@H]3O[C@]3(C)CCC=C(C)[C@@H](OC(=O)Nc3ccc(F)cc3F)C[C@@H]12. The van der Waals surface area contributed by atoms with Gasteiger partial charge in [0.2, 0.25) is 0 Å². The monoisotopic (exact) mass is 419 g/mol. The van der Waals surface area contributed by atoms with Crippen LogP contribution >= 0.6 is 0 Å². The average Bonchev–Trinajstić information content (AvgIpc) is 3.27. The Morgan fingerprint density at radius 3 is 2.87 bits per heavy atom. The van der Waals surface area contributed by atoms with E-state index in [1.54, 1.807) is 0 Å². The fourth-order valence-corrected chi connectivity index (χ4v) is 4.19. The predicted octanol–water partition coefficient (Wildman–Crippen LogP) is 4.27. The normalized spacial score (nSPS) is 33.0. The minimum atomic E-state index is -0.904. The Balaban J connectivity index is 1.53. The van der Waals surface area contributed by atoms with Crippen LogP contribution in [0.15, 0.2) is 42.0 Å². The van der Waals surface area contributed by atoms with Gasteiger partial charge in [-0.25, -0.2) is 18.4 Å². The highest BCUT2D eigenvalue weighted by atomic mass is 19.1. The molecule has 5 atom stereocenters. The van der Waals surface area contributed by atoms with E-state index in [1.165, 1.54) is 0 Å². The molecule has 2 heterocycles. The number of allylic oxidation sites excluding steroid dienone is 1. The number of epoxide rings is 1. The minimum Gasteiger partial charge on any atom is -0.455 e. The number of halogens is 2. The molecule has 8 heteroatoms. The number of anilines is 1. The van der Waals surface area contributed by atoms with Crippen LogP contribution in [-0.2, 0) is 19.0 Å². The highest BCUT2D eigenvalue weighted by molar-refractivity contribution is 5.91. The van der Waals surface area contributed by atoms with Crippen LogP contribution in [0.25, 0.3) is 0 Å². The molecule has 0 aromatic heterocycles. The lowest BCUT2D eigenvalue weighted by Gasteiger charge is -2.25. The van der Waals surface area contributed by atoms with Gasteiger partial charge in [-0.05, 0) is 50.8 Å². The lowest BCUT2D eigenvalue weighted by molar-refractivity contribution is -0.140. The van der Waals surface area contributed by atoms with E-state index in [4.69, 9.17) is 14.2 Å². The van der Waals surface area contributed by atoms with Crippen LogP contribution in [0.3, 0.4) is 0 Å². The first-order chi connectivity index (χ1) is 14.2. The molecular weight excluding hydrogens is 396 g/mol. The van der Waals surface area contributed by atoms with Crippen LogP contribution in [0.5, 0.6) is 0 Å². The van der Waals surface area contributed by atoms with E-state index in [9.17, 15) is 18.4 Å². The van der Waals surface area contributed by atoms with Gasteiger partial charge in [0.1, 0.15) is 29.9 Å². The van der Waals surface area contributed by atoms with Crippen molar-refractivity contribution in [2.45, 2.75) is 57.0 Å². The van der Waals surface area contributed by atoms with Gasteiger partial charge in [0.15, 0.2) is 0 Å². The molecule has 1 aromatic rings. The maximum Gasteiger partial charge on any atom is 0.412 e. The molecule has 0 unspecified atom stereocenters. The van der Waals surface area contributed by atoms with Crippen LogP contribution in [-0.4, -0.2) is 36.0 Å². The Morgan fingerprint density at radius 1 is 1.37 bits per heavy atom. The molecule has 1 aliphatic carbocycles. The molecule has 2 saturated heterocycles. The summed E-state index contributed by atoms with van der Waals surface area (Å²) >= 11 is 0. The van der Waals surface area contributed by atoms with Gasteiger partial charge in [-0.2, -0.15) is 0 Å². The number of ether oxygens (including phenoxy) is 3. The third-order valence-electron chi connectivity index (χ3n) is 6.09. The summed E-state index contributed by atoms with van der Waals surface area (Å²) in [5.41, 5.74) is 0.588. The van der Waals surface area contributed by atoms with Crippen molar-refractivity contribution in [1.29, 1.82) is 0 Å². The van der Waals surface area contributed by atoms with Gasteiger partial charge in [0.05, 0.1) is 11.3 Å². The summed E-state index contributed by atoms with van der Waals surface area (Å²) < 4.78 is 43.8. The number of amides is 1. The molecule has 0 radical (unpaired) electrons. The standard InChI is InChI=1S/C22H23F2NO5/c1-11-5-4-8-22(3)19(30-22)18-14(12(2)20(26)29-18)10-17(11)28-21(27)25-16-7-6-13(23)9-15(16)24/h5-7,9,14,17-19H,2,4,8,10H2,1,3H3,(H,25,27)/t14-,17-,18-,19+,22+/m0/s1. The molecule has 2 aliphatic heterocycles. The van der Waals surface area contributed by atoms with E-state index in [1.807, 2.05) is 19.9 Å². The minimum absolute atomic E-state index is 0.188. The van der Waals surface area contributed by atoms with Crippen molar-refractivity contribution in [2.24, 2.45) is 5.92 Å². The summed E-state index contributed by atoms with van der Waals surface area (Å²) in [5, 5.41) is 2.30. The smallest absolute Gasteiger partial charge is 0.412 e. The summed E-state index contributed by atoms with van der Waals surface area (Å²) in [7, 11) is 0. The van der Waals surface area contributed by atoms with E-state index in [0.717, 1.165) is 24.1 Å². The molecule has 4 rings (SSSR count). The Labute approximate surface area is 172 Å². The maximum atomic E-state index is 13.8. The topological polar surface area (TPSA) is 77.2 Å². The third kappa shape index (κ3) is 3.84. The van der Waals surface area contributed by atoms with E-state index >= 15 is 0 Å². The Hall–Kier alpha value is -2.74. The molecule has 2 fully saturated rings. The van der Waals surface area contributed by atoms with Crippen molar-refractivity contribution in [1.82, 2.24) is 0 Å². The van der Waals surface area contributed by atoms with Crippen molar-refractivity contribution in [3.8, 4) is 0 Å².